The first kappa shape index (κ1) is 13.0. The Morgan fingerprint density at radius 3 is 2.50 bits per heavy atom. The summed E-state index contributed by atoms with van der Waals surface area (Å²) in [4.78, 5) is 12.3. The molecule has 1 aromatic carbocycles. The molecule has 1 aliphatic rings. The Bertz CT molecular complexity index is 683. The minimum absolute atomic E-state index is 0.0612. The Morgan fingerprint density at radius 1 is 1.20 bits per heavy atom. The molecule has 1 heterocycles. The summed E-state index contributed by atoms with van der Waals surface area (Å²) < 4.78 is 14.8. The maximum absolute atomic E-state index is 13.0. The lowest BCUT2D eigenvalue weighted by atomic mass is 9.75. The third kappa shape index (κ3) is 2.05. The van der Waals surface area contributed by atoms with Gasteiger partial charge in [0.1, 0.15) is 5.82 Å². The van der Waals surface area contributed by atoms with Crippen molar-refractivity contribution in [1.82, 2.24) is 9.78 Å². The van der Waals surface area contributed by atoms with Gasteiger partial charge in [-0.1, -0.05) is 13.8 Å². The van der Waals surface area contributed by atoms with Crippen LogP contribution < -0.4 is 0 Å². The van der Waals surface area contributed by atoms with Crippen LogP contribution in [-0.2, 0) is 6.42 Å². The number of benzene rings is 1. The van der Waals surface area contributed by atoms with E-state index >= 15 is 0 Å². The number of halogens is 1. The summed E-state index contributed by atoms with van der Waals surface area (Å²) in [5.74, 6) is -0.120. The Labute approximate surface area is 117 Å². The molecule has 0 unspecified atom stereocenters. The Hall–Kier alpha value is -1.97. The maximum atomic E-state index is 13.0. The third-order valence-electron chi connectivity index (χ3n) is 3.79. The van der Waals surface area contributed by atoms with Crippen molar-refractivity contribution >= 4 is 5.78 Å². The SMILES string of the molecule is Cc1nn(-c2ccc(F)cc2)c2c1C(=O)CC(C)(C)C2. The number of carbonyl (C=O) groups excluding carboxylic acids is 1. The molecule has 1 aliphatic carbocycles. The van der Waals surface area contributed by atoms with E-state index < -0.39 is 0 Å². The van der Waals surface area contributed by atoms with Gasteiger partial charge in [0.05, 0.1) is 22.6 Å². The number of rotatable bonds is 1. The van der Waals surface area contributed by atoms with E-state index in [1.54, 1.807) is 16.8 Å². The smallest absolute Gasteiger partial charge is 0.167 e. The highest BCUT2D eigenvalue weighted by Gasteiger charge is 2.35. The van der Waals surface area contributed by atoms with Gasteiger partial charge in [-0.2, -0.15) is 5.10 Å². The fraction of sp³-hybridized carbons (Fsp3) is 0.375. The highest BCUT2D eigenvalue weighted by molar-refractivity contribution is 5.99. The second-order valence-corrected chi connectivity index (χ2v) is 6.24. The lowest BCUT2D eigenvalue weighted by molar-refractivity contribution is 0.0910. The molecule has 104 valence electrons. The van der Waals surface area contributed by atoms with Crippen LogP contribution in [0.1, 0.15) is 42.0 Å². The van der Waals surface area contributed by atoms with Gasteiger partial charge >= 0.3 is 0 Å². The van der Waals surface area contributed by atoms with Crippen molar-refractivity contribution in [3.05, 3.63) is 47.0 Å². The zero-order chi connectivity index (χ0) is 14.5. The molecule has 3 nitrogen and oxygen atoms in total. The Morgan fingerprint density at radius 2 is 1.85 bits per heavy atom. The summed E-state index contributed by atoms with van der Waals surface area (Å²) in [7, 11) is 0. The van der Waals surface area contributed by atoms with Crippen molar-refractivity contribution in [2.75, 3.05) is 0 Å². The Kier molecular flexibility index (Phi) is 2.78. The molecule has 0 N–H and O–H groups in total. The first-order valence-corrected chi connectivity index (χ1v) is 6.75. The van der Waals surface area contributed by atoms with Crippen molar-refractivity contribution in [1.29, 1.82) is 0 Å². The molecule has 0 saturated carbocycles. The summed E-state index contributed by atoms with van der Waals surface area (Å²) >= 11 is 0. The highest BCUT2D eigenvalue weighted by Crippen LogP contribution is 2.36. The zero-order valence-electron chi connectivity index (χ0n) is 11.9. The van der Waals surface area contributed by atoms with Crippen molar-refractivity contribution in [3.8, 4) is 5.69 Å². The number of aryl methyl sites for hydroxylation is 1. The van der Waals surface area contributed by atoms with Crippen molar-refractivity contribution < 1.29 is 9.18 Å². The monoisotopic (exact) mass is 272 g/mol. The summed E-state index contributed by atoms with van der Waals surface area (Å²) in [6.45, 7) is 6.03. The van der Waals surface area contributed by atoms with Gasteiger partial charge in [-0.3, -0.25) is 4.79 Å². The van der Waals surface area contributed by atoms with Gasteiger partial charge in [-0.15, -0.1) is 0 Å². The number of hydrogen-bond acceptors (Lipinski definition) is 2. The molecule has 0 aliphatic heterocycles. The molecule has 2 aromatic rings. The van der Waals surface area contributed by atoms with Crippen LogP contribution in [0.5, 0.6) is 0 Å². The van der Waals surface area contributed by atoms with E-state index in [-0.39, 0.29) is 17.0 Å². The molecule has 0 radical (unpaired) electrons. The Balaban J connectivity index is 2.17. The number of Topliss-reactive ketones (excluding diaryl/α,β-unsaturated/α-hetero) is 1. The number of hydrogen-bond donors (Lipinski definition) is 0. The number of fused-ring (bicyclic) bond motifs is 1. The lowest BCUT2D eigenvalue weighted by Gasteiger charge is -2.29. The summed E-state index contributed by atoms with van der Waals surface area (Å²) in [5.41, 5.74) is 3.17. The second-order valence-electron chi connectivity index (χ2n) is 6.24. The quantitative estimate of drug-likeness (QED) is 0.796. The van der Waals surface area contributed by atoms with Gasteiger partial charge in [-0.05, 0) is 43.0 Å². The normalized spacial score (nSPS) is 17.1. The van der Waals surface area contributed by atoms with Crippen LogP contribution in [0.15, 0.2) is 24.3 Å². The average molecular weight is 272 g/mol. The number of nitrogens with zero attached hydrogens (tertiary/aromatic N) is 2. The minimum atomic E-state index is -0.275. The van der Waals surface area contributed by atoms with Crippen LogP contribution in [0.2, 0.25) is 0 Å². The topological polar surface area (TPSA) is 34.9 Å². The molecule has 20 heavy (non-hydrogen) atoms. The minimum Gasteiger partial charge on any atom is -0.294 e. The van der Waals surface area contributed by atoms with Crippen molar-refractivity contribution in [2.24, 2.45) is 5.41 Å². The van der Waals surface area contributed by atoms with E-state index in [1.165, 1.54) is 12.1 Å². The molecule has 0 bridgehead atoms. The van der Waals surface area contributed by atoms with Gasteiger partial charge in [0.15, 0.2) is 5.78 Å². The molecule has 4 heteroatoms. The molecule has 0 atom stereocenters. The fourth-order valence-corrected chi connectivity index (χ4v) is 2.94. The fourth-order valence-electron chi connectivity index (χ4n) is 2.94. The summed E-state index contributed by atoms with van der Waals surface area (Å²) in [5, 5.41) is 4.48. The third-order valence-corrected chi connectivity index (χ3v) is 3.79. The molecular formula is C16H17FN2O. The van der Waals surface area contributed by atoms with Gasteiger partial charge in [0.2, 0.25) is 0 Å². The molecule has 0 spiro atoms. The molecule has 0 amide bonds. The van der Waals surface area contributed by atoms with E-state index in [1.807, 2.05) is 6.92 Å². The van der Waals surface area contributed by atoms with Crippen LogP contribution in [-0.4, -0.2) is 15.6 Å². The van der Waals surface area contributed by atoms with Crippen LogP contribution in [0, 0.1) is 18.2 Å². The number of carbonyl (C=O) groups is 1. The lowest BCUT2D eigenvalue weighted by Crippen LogP contribution is -2.28. The van der Waals surface area contributed by atoms with Crippen LogP contribution in [0.4, 0.5) is 4.39 Å². The first-order valence-electron chi connectivity index (χ1n) is 6.75. The largest absolute Gasteiger partial charge is 0.294 e. The highest BCUT2D eigenvalue weighted by atomic mass is 19.1. The predicted molar refractivity (Wildman–Crippen MR) is 74.7 cm³/mol. The standard InChI is InChI=1S/C16H17FN2O/c1-10-15-13(8-16(2,3)9-14(15)20)19(18-10)12-6-4-11(17)5-7-12/h4-7H,8-9H2,1-3H3. The molecule has 3 rings (SSSR count). The van der Waals surface area contributed by atoms with E-state index in [9.17, 15) is 9.18 Å². The average Bonchev–Trinajstić information content (AvgIpc) is 2.66. The molecule has 0 saturated heterocycles. The molecule has 1 aromatic heterocycles. The molecule has 0 fully saturated rings. The van der Waals surface area contributed by atoms with Crippen LogP contribution in [0.3, 0.4) is 0 Å². The summed E-state index contributed by atoms with van der Waals surface area (Å²) in [6.07, 6.45) is 1.35. The number of ketones is 1. The van der Waals surface area contributed by atoms with Gasteiger partial charge in [-0.25, -0.2) is 9.07 Å². The zero-order valence-corrected chi connectivity index (χ0v) is 11.9. The van der Waals surface area contributed by atoms with E-state index in [0.717, 1.165) is 29.1 Å². The predicted octanol–water partition coefficient (Wildman–Crippen LogP) is 3.47. The van der Waals surface area contributed by atoms with Crippen LogP contribution in [0.25, 0.3) is 5.69 Å². The van der Waals surface area contributed by atoms with E-state index in [4.69, 9.17) is 0 Å². The maximum Gasteiger partial charge on any atom is 0.167 e. The van der Waals surface area contributed by atoms with E-state index in [0.29, 0.717) is 6.42 Å². The van der Waals surface area contributed by atoms with Crippen molar-refractivity contribution in [2.45, 2.75) is 33.6 Å². The van der Waals surface area contributed by atoms with Crippen LogP contribution >= 0.6 is 0 Å². The molecular weight excluding hydrogens is 255 g/mol. The van der Waals surface area contributed by atoms with E-state index in [2.05, 4.69) is 18.9 Å². The number of aromatic nitrogens is 2. The van der Waals surface area contributed by atoms with Gasteiger partial charge in [0.25, 0.3) is 0 Å². The second kappa shape index (κ2) is 4.27. The van der Waals surface area contributed by atoms with Crippen molar-refractivity contribution in [3.63, 3.8) is 0 Å². The van der Waals surface area contributed by atoms with Gasteiger partial charge in [0, 0.05) is 6.42 Å². The summed E-state index contributed by atoms with van der Waals surface area (Å²) in [6, 6.07) is 6.20. The van der Waals surface area contributed by atoms with Gasteiger partial charge < -0.3 is 0 Å². The first-order chi connectivity index (χ1) is 9.37.